The molecule has 0 saturated heterocycles. The van der Waals surface area contributed by atoms with Crippen molar-refractivity contribution < 1.29 is 29.3 Å². The van der Waals surface area contributed by atoms with Crippen LogP contribution in [0.15, 0.2) is 0 Å². The van der Waals surface area contributed by atoms with Crippen LogP contribution in [0.3, 0.4) is 0 Å². The number of hydrogen-bond acceptors (Lipinski definition) is 2. The second-order valence-electron chi connectivity index (χ2n) is 0.788. The second-order valence-corrected chi connectivity index (χ2v) is 4.76. The molecule has 0 aromatic heterocycles. The van der Waals surface area contributed by atoms with Crippen LogP contribution in [0.5, 0.6) is 0 Å². The van der Waals surface area contributed by atoms with Gasteiger partial charge in [0.25, 0.3) is 0 Å². The van der Waals surface area contributed by atoms with Crippen LogP contribution in [-0.2, 0) is 19.8 Å². The fraction of sp³-hybridized carbons (Fsp3) is 0. The molecule has 0 heterocycles. The van der Waals surface area contributed by atoms with E-state index in [4.69, 9.17) is 0 Å². The number of rotatable bonds is 2. The van der Waals surface area contributed by atoms with E-state index < -0.39 is 28.0 Å². The Morgan fingerprint density at radius 3 is 1.43 bits per heavy atom. The van der Waals surface area contributed by atoms with Gasteiger partial charge in [-0.15, -0.1) is 0 Å². The summed E-state index contributed by atoms with van der Waals surface area (Å²) < 4.78 is -1.01. The maximum absolute atomic E-state index is 9.81. The third-order valence-electron chi connectivity index (χ3n) is 0.220. The van der Waals surface area contributed by atoms with Crippen molar-refractivity contribution in [3.63, 3.8) is 0 Å². The minimum atomic E-state index is -1.77. The Bertz CT molecular complexity index is 89.9. The average Bonchev–Trinajstić information content (AvgIpc) is 1.27. The van der Waals surface area contributed by atoms with Crippen molar-refractivity contribution in [3.8, 4) is 0 Å². The second kappa shape index (κ2) is 2.79. The molecule has 0 radical (unpaired) electrons. The predicted molar refractivity (Wildman–Crippen MR) is 19.2 cm³/mol. The molecule has 0 saturated carbocycles. The summed E-state index contributed by atoms with van der Waals surface area (Å²) in [6.07, 6.45) is 0. The van der Waals surface area contributed by atoms with E-state index >= 15 is 0 Å². The van der Waals surface area contributed by atoms with E-state index in [1.165, 1.54) is 0 Å². The zero-order chi connectivity index (χ0) is 5.86. The molecule has 0 unspecified atom stereocenters. The summed E-state index contributed by atoms with van der Waals surface area (Å²) >= 11 is -1.77. The van der Waals surface area contributed by atoms with Crippen molar-refractivity contribution in [2.75, 3.05) is 0 Å². The number of primary amides is 2. The van der Waals surface area contributed by atoms with Crippen LogP contribution in [0.4, 0.5) is 9.59 Å². The van der Waals surface area contributed by atoms with Gasteiger partial charge < -0.3 is 0 Å². The number of nitrogens with two attached hydrogens (primary N) is 2. The maximum atomic E-state index is 9.81. The van der Waals surface area contributed by atoms with Gasteiger partial charge in [-0.3, -0.25) is 0 Å². The third-order valence-corrected chi connectivity index (χ3v) is 1.80. The molecule has 0 spiro atoms. The van der Waals surface area contributed by atoms with Gasteiger partial charge in [0.1, 0.15) is 0 Å². The molecule has 0 aliphatic carbocycles. The Morgan fingerprint density at radius 2 is 1.43 bits per heavy atom. The summed E-state index contributed by atoms with van der Waals surface area (Å²) in [5.74, 6) is 0. The fourth-order valence-electron chi connectivity index (χ4n) is 0.109. The fourth-order valence-corrected chi connectivity index (χ4v) is 0.889. The third kappa shape index (κ3) is 5.68. The quantitative estimate of drug-likeness (QED) is 0.689. The molecule has 0 bridgehead atoms. The Morgan fingerprint density at radius 1 is 1.14 bits per heavy atom. The summed E-state index contributed by atoms with van der Waals surface area (Å²) in [4.78, 5) is 19.6. The molecule has 4 N–H and O–H groups in total. The molecule has 0 aliphatic heterocycles. The van der Waals surface area contributed by atoms with Gasteiger partial charge in [0, 0.05) is 0 Å². The number of carbonyl (C=O) groups is 2. The van der Waals surface area contributed by atoms with Crippen LogP contribution in [0.2, 0.25) is 0 Å². The van der Waals surface area contributed by atoms with Gasteiger partial charge in [0.05, 0.1) is 0 Å². The topological polar surface area (TPSA) is 86.2 Å². The minimum absolute atomic E-state index is 0.507. The van der Waals surface area contributed by atoms with Crippen LogP contribution >= 0.6 is 0 Å². The van der Waals surface area contributed by atoms with Gasteiger partial charge >= 0.3 is 49.1 Å². The molecule has 0 aromatic rings. The molecule has 4 nitrogen and oxygen atoms in total. The molecule has 2 amide bonds. The number of carbonyl (C=O) groups excluding carboxylic acids is 2. The molecule has 7 heavy (non-hydrogen) atoms. The summed E-state index contributed by atoms with van der Waals surface area (Å²) in [6.45, 7) is 0. The standard InChI is InChI=1S/2CH2NO.Ta/c2*2-1-3;/h2*(H2,2,3);. The molecule has 0 aromatic carbocycles. The van der Waals surface area contributed by atoms with E-state index in [0.29, 0.717) is 0 Å². The van der Waals surface area contributed by atoms with E-state index in [9.17, 15) is 9.59 Å². The molecule has 0 aliphatic rings. The SMILES string of the molecule is N[C](=O)[Ta][C](N)=O. The molecule has 0 rings (SSSR count). The predicted octanol–water partition coefficient (Wildman–Crippen LogP) is -0.774. The summed E-state index contributed by atoms with van der Waals surface area (Å²) in [6, 6.07) is 0. The van der Waals surface area contributed by atoms with Crippen LogP contribution in [-0.4, -0.2) is 8.25 Å². The van der Waals surface area contributed by atoms with Gasteiger partial charge in [0.2, 0.25) is 0 Å². The number of amides is 2. The first-order valence-corrected chi connectivity index (χ1v) is 4.65. The van der Waals surface area contributed by atoms with Crippen LogP contribution < -0.4 is 11.5 Å². The van der Waals surface area contributed by atoms with Gasteiger partial charge in [-0.2, -0.15) is 0 Å². The first kappa shape index (κ1) is 6.68. The van der Waals surface area contributed by atoms with Crippen LogP contribution in [0.25, 0.3) is 0 Å². The van der Waals surface area contributed by atoms with Crippen molar-refractivity contribution in [2.24, 2.45) is 11.5 Å². The Hall–Kier alpha value is -0.320. The molecular formula is C2H4N2O2Ta. The van der Waals surface area contributed by atoms with E-state index in [-0.39, 0.29) is 0 Å². The average molecular weight is 269 g/mol. The Balaban J connectivity index is 3.32. The number of hydrogen-bond donors (Lipinski definition) is 2. The zero-order valence-corrected chi connectivity index (χ0v) is 6.63. The molecular weight excluding hydrogens is 265 g/mol. The summed E-state index contributed by atoms with van der Waals surface area (Å²) in [7, 11) is 0. The normalized spacial score (nSPS) is 7.43. The first-order chi connectivity index (χ1) is 3.13. The van der Waals surface area contributed by atoms with Crippen molar-refractivity contribution in [1.29, 1.82) is 0 Å². The summed E-state index contributed by atoms with van der Waals surface area (Å²) in [5, 5.41) is 0. The molecule has 0 atom stereocenters. The van der Waals surface area contributed by atoms with Crippen molar-refractivity contribution in [1.82, 2.24) is 0 Å². The van der Waals surface area contributed by atoms with Crippen LogP contribution in [0.1, 0.15) is 0 Å². The van der Waals surface area contributed by atoms with Crippen molar-refractivity contribution in [3.05, 3.63) is 0 Å². The van der Waals surface area contributed by atoms with E-state index in [0.717, 1.165) is 0 Å². The van der Waals surface area contributed by atoms with Gasteiger partial charge in [-0.1, -0.05) is 0 Å². The van der Waals surface area contributed by atoms with E-state index in [2.05, 4.69) is 11.5 Å². The van der Waals surface area contributed by atoms with Gasteiger partial charge in [-0.05, 0) is 0 Å². The molecule has 0 fully saturated rings. The van der Waals surface area contributed by atoms with Crippen LogP contribution in [0, 0.1) is 0 Å². The molecule has 5 heteroatoms. The van der Waals surface area contributed by atoms with Gasteiger partial charge in [-0.25, -0.2) is 0 Å². The van der Waals surface area contributed by atoms with Crippen molar-refractivity contribution in [2.45, 2.75) is 0 Å². The van der Waals surface area contributed by atoms with Crippen molar-refractivity contribution >= 4 is 8.25 Å². The zero-order valence-electron chi connectivity index (χ0n) is 3.42. The molecule has 39 valence electrons. The van der Waals surface area contributed by atoms with E-state index in [1.54, 1.807) is 0 Å². The first-order valence-electron chi connectivity index (χ1n) is 1.43. The summed E-state index contributed by atoms with van der Waals surface area (Å²) in [5.41, 5.74) is 9.27. The monoisotopic (exact) mass is 269 g/mol. The van der Waals surface area contributed by atoms with E-state index in [1.807, 2.05) is 0 Å². The van der Waals surface area contributed by atoms with Gasteiger partial charge in [0.15, 0.2) is 0 Å². The Labute approximate surface area is 49.6 Å². The Kier molecular flexibility index (Phi) is 2.66.